The van der Waals surface area contributed by atoms with Crippen LogP contribution in [0.5, 0.6) is 0 Å². The van der Waals surface area contributed by atoms with Crippen LogP contribution in [-0.2, 0) is 19.5 Å². The number of esters is 1. The summed E-state index contributed by atoms with van der Waals surface area (Å²) in [6, 6.07) is 0. The first-order valence-electron chi connectivity index (χ1n) is 5.88. The zero-order valence-corrected chi connectivity index (χ0v) is 12.7. The van der Waals surface area contributed by atoms with Gasteiger partial charge in [-0.05, 0) is 20.8 Å². The maximum atomic E-state index is 11.8. The van der Waals surface area contributed by atoms with Gasteiger partial charge in [-0.1, -0.05) is 0 Å². The van der Waals surface area contributed by atoms with Gasteiger partial charge in [-0.3, -0.25) is 5.10 Å². The number of hydrogen-bond acceptors (Lipinski definition) is 6. The minimum Gasteiger partial charge on any atom is -0.461 e. The lowest BCUT2D eigenvalue weighted by Gasteiger charge is -2.22. The molecule has 0 radical (unpaired) electrons. The molecule has 0 amide bonds. The van der Waals surface area contributed by atoms with Crippen LogP contribution < -0.4 is 5.14 Å². The van der Waals surface area contributed by atoms with Crippen molar-refractivity contribution >= 4 is 16.0 Å². The molecule has 0 aliphatic carbocycles. The Morgan fingerprint density at radius 1 is 1.45 bits per heavy atom. The lowest BCUT2D eigenvalue weighted by Crippen LogP contribution is -2.25. The van der Waals surface area contributed by atoms with E-state index in [4.69, 9.17) is 14.6 Å². The Balaban J connectivity index is 2.80. The molecule has 114 valence electrons. The topological polar surface area (TPSA) is 124 Å². The fourth-order valence-corrected chi connectivity index (χ4v) is 2.34. The number of sulfonamides is 1. The summed E-state index contributed by atoms with van der Waals surface area (Å²) in [5.41, 5.74) is -0.582. The van der Waals surface area contributed by atoms with Crippen LogP contribution in [-0.4, -0.2) is 43.9 Å². The van der Waals surface area contributed by atoms with E-state index in [0.717, 1.165) is 0 Å². The molecular weight excluding hydrogens is 286 g/mol. The van der Waals surface area contributed by atoms with Crippen LogP contribution in [0.1, 0.15) is 36.5 Å². The van der Waals surface area contributed by atoms with Crippen molar-refractivity contribution < 1.29 is 22.7 Å². The number of ether oxygens (including phenoxy) is 2. The van der Waals surface area contributed by atoms with E-state index in [9.17, 15) is 13.2 Å². The molecule has 20 heavy (non-hydrogen) atoms. The molecule has 0 unspecified atom stereocenters. The molecule has 1 aromatic rings. The van der Waals surface area contributed by atoms with Crippen LogP contribution in [0.15, 0.2) is 4.90 Å². The van der Waals surface area contributed by atoms with Crippen LogP contribution >= 0.6 is 0 Å². The Hall–Kier alpha value is -1.45. The highest BCUT2D eigenvalue weighted by Gasteiger charge is 2.27. The van der Waals surface area contributed by atoms with Gasteiger partial charge in [0.2, 0.25) is 10.0 Å². The maximum absolute atomic E-state index is 11.8. The third kappa shape index (κ3) is 4.02. The van der Waals surface area contributed by atoms with Crippen molar-refractivity contribution in [3.8, 4) is 0 Å². The van der Waals surface area contributed by atoms with Crippen molar-refractivity contribution in [3.63, 3.8) is 0 Å². The zero-order valence-electron chi connectivity index (χ0n) is 11.9. The SMILES string of the molecule is COC(C)(C)CCOC(=O)c1n[nH]c(C)c1S(N)(=O)=O. The number of primary sulfonamides is 1. The molecule has 8 nitrogen and oxygen atoms in total. The van der Waals surface area contributed by atoms with Crippen molar-refractivity contribution in [2.75, 3.05) is 13.7 Å². The highest BCUT2D eigenvalue weighted by atomic mass is 32.2. The molecule has 0 aliphatic heterocycles. The molecule has 3 N–H and O–H groups in total. The smallest absolute Gasteiger partial charge is 0.360 e. The summed E-state index contributed by atoms with van der Waals surface area (Å²) in [4.78, 5) is 11.5. The zero-order chi connectivity index (χ0) is 15.6. The van der Waals surface area contributed by atoms with E-state index in [1.165, 1.54) is 6.92 Å². The van der Waals surface area contributed by atoms with Gasteiger partial charge in [0, 0.05) is 13.5 Å². The fraction of sp³-hybridized carbons (Fsp3) is 0.636. The first-order valence-corrected chi connectivity index (χ1v) is 7.43. The van der Waals surface area contributed by atoms with Gasteiger partial charge in [0.05, 0.1) is 17.9 Å². The van der Waals surface area contributed by atoms with Gasteiger partial charge in [0.25, 0.3) is 0 Å². The molecule has 1 aromatic heterocycles. The average Bonchev–Trinajstić information content (AvgIpc) is 2.70. The lowest BCUT2D eigenvalue weighted by molar-refractivity contribution is -0.00592. The van der Waals surface area contributed by atoms with Gasteiger partial charge in [-0.15, -0.1) is 0 Å². The van der Waals surface area contributed by atoms with Gasteiger partial charge in [-0.2, -0.15) is 5.10 Å². The van der Waals surface area contributed by atoms with Gasteiger partial charge in [0.15, 0.2) is 5.69 Å². The number of methoxy groups -OCH3 is 1. The third-order valence-electron chi connectivity index (χ3n) is 2.86. The number of carbonyl (C=O) groups excluding carboxylic acids is 1. The molecule has 0 aromatic carbocycles. The Morgan fingerprint density at radius 2 is 2.05 bits per heavy atom. The predicted molar refractivity (Wildman–Crippen MR) is 70.7 cm³/mol. The quantitative estimate of drug-likeness (QED) is 0.730. The van der Waals surface area contributed by atoms with Crippen LogP contribution in [0.3, 0.4) is 0 Å². The molecule has 1 rings (SSSR count). The van der Waals surface area contributed by atoms with E-state index in [1.807, 2.05) is 13.8 Å². The first-order chi connectivity index (χ1) is 9.08. The summed E-state index contributed by atoms with van der Waals surface area (Å²) < 4.78 is 33.0. The lowest BCUT2D eigenvalue weighted by atomic mass is 10.1. The normalized spacial score (nSPS) is 12.4. The van der Waals surface area contributed by atoms with Crippen LogP contribution in [0.2, 0.25) is 0 Å². The Kier molecular flexibility index (Phi) is 4.90. The molecule has 1 heterocycles. The van der Waals surface area contributed by atoms with Crippen molar-refractivity contribution in [1.82, 2.24) is 10.2 Å². The van der Waals surface area contributed by atoms with Crippen LogP contribution in [0, 0.1) is 6.92 Å². The van der Waals surface area contributed by atoms with E-state index < -0.39 is 21.6 Å². The summed E-state index contributed by atoms with van der Waals surface area (Å²) >= 11 is 0. The van der Waals surface area contributed by atoms with Gasteiger partial charge in [0.1, 0.15) is 4.90 Å². The van der Waals surface area contributed by atoms with Crippen molar-refractivity contribution in [2.45, 2.75) is 37.7 Å². The van der Waals surface area contributed by atoms with E-state index in [1.54, 1.807) is 7.11 Å². The molecule has 0 aliphatic rings. The van der Waals surface area contributed by atoms with E-state index in [2.05, 4.69) is 10.2 Å². The number of carbonyl (C=O) groups is 1. The third-order valence-corrected chi connectivity index (χ3v) is 3.93. The van der Waals surface area contributed by atoms with Crippen LogP contribution in [0.4, 0.5) is 0 Å². The number of nitrogens with two attached hydrogens (primary N) is 1. The van der Waals surface area contributed by atoms with Crippen LogP contribution in [0.25, 0.3) is 0 Å². The highest BCUT2D eigenvalue weighted by Crippen LogP contribution is 2.18. The van der Waals surface area contributed by atoms with Crippen molar-refractivity contribution in [1.29, 1.82) is 0 Å². The van der Waals surface area contributed by atoms with E-state index in [-0.39, 0.29) is 22.9 Å². The summed E-state index contributed by atoms with van der Waals surface area (Å²) in [6.45, 7) is 5.22. The first kappa shape index (κ1) is 16.6. The Morgan fingerprint density at radius 3 is 2.55 bits per heavy atom. The minimum absolute atomic E-state index is 0.0790. The fourth-order valence-electron chi connectivity index (χ4n) is 1.47. The van der Waals surface area contributed by atoms with E-state index >= 15 is 0 Å². The molecule has 0 saturated carbocycles. The van der Waals surface area contributed by atoms with Gasteiger partial charge in [-0.25, -0.2) is 18.4 Å². The number of hydrogen-bond donors (Lipinski definition) is 2. The van der Waals surface area contributed by atoms with Gasteiger partial charge < -0.3 is 9.47 Å². The second-order valence-corrected chi connectivity index (χ2v) is 6.42. The predicted octanol–water partition coefficient (Wildman–Crippen LogP) is 0.337. The van der Waals surface area contributed by atoms with E-state index in [0.29, 0.717) is 6.42 Å². The monoisotopic (exact) mass is 305 g/mol. The summed E-state index contributed by atoms with van der Waals surface area (Å²) in [5, 5.41) is 11.1. The summed E-state index contributed by atoms with van der Waals surface area (Å²) in [7, 11) is -2.49. The van der Waals surface area contributed by atoms with Crippen molar-refractivity contribution in [2.24, 2.45) is 5.14 Å². The maximum Gasteiger partial charge on any atom is 0.360 e. The molecule has 0 fully saturated rings. The van der Waals surface area contributed by atoms with Crippen molar-refractivity contribution in [3.05, 3.63) is 11.4 Å². The summed E-state index contributed by atoms with van der Waals surface area (Å²) in [5.74, 6) is -0.842. The Bertz CT molecular complexity index is 591. The number of H-pyrrole nitrogens is 1. The van der Waals surface area contributed by atoms with Gasteiger partial charge >= 0.3 is 5.97 Å². The summed E-state index contributed by atoms with van der Waals surface area (Å²) in [6.07, 6.45) is 0.462. The molecule has 0 bridgehead atoms. The Labute approximate surface area is 117 Å². The molecule has 0 atom stereocenters. The molecular formula is C11H19N3O5S. The average molecular weight is 305 g/mol. The standard InChI is InChI=1S/C11H19N3O5S/c1-7-9(20(12,16)17)8(14-13-7)10(15)19-6-5-11(2,3)18-4/h5-6H2,1-4H3,(H,13,14)(H2,12,16,17). The number of nitrogens with one attached hydrogen (secondary N) is 1. The number of aromatic nitrogens is 2. The molecule has 9 heteroatoms. The number of rotatable bonds is 6. The largest absolute Gasteiger partial charge is 0.461 e. The number of aryl methyl sites for hydroxylation is 1. The second kappa shape index (κ2) is 5.90. The minimum atomic E-state index is -4.04. The number of aromatic amines is 1. The second-order valence-electron chi connectivity index (χ2n) is 4.92. The highest BCUT2D eigenvalue weighted by molar-refractivity contribution is 7.89. The number of nitrogens with zero attached hydrogens (tertiary/aromatic N) is 1. The molecule has 0 spiro atoms. The molecule has 0 saturated heterocycles.